The highest BCUT2D eigenvalue weighted by Crippen LogP contribution is 2.29. The zero-order valence-electron chi connectivity index (χ0n) is 17.8. The van der Waals surface area contributed by atoms with Gasteiger partial charge in [0, 0.05) is 11.3 Å². The number of benzene rings is 3. The van der Waals surface area contributed by atoms with Crippen LogP contribution in [0.3, 0.4) is 0 Å². The van der Waals surface area contributed by atoms with Crippen LogP contribution in [0.1, 0.15) is 44.4 Å². The van der Waals surface area contributed by atoms with Crippen molar-refractivity contribution in [3.8, 4) is 5.75 Å². The van der Waals surface area contributed by atoms with Gasteiger partial charge in [0.1, 0.15) is 5.75 Å². The van der Waals surface area contributed by atoms with Crippen molar-refractivity contribution in [1.29, 1.82) is 0 Å². The van der Waals surface area contributed by atoms with Crippen molar-refractivity contribution in [3.63, 3.8) is 0 Å². The lowest BCUT2D eigenvalue weighted by Gasteiger charge is -2.16. The second kappa shape index (κ2) is 9.62. The molecule has 3 aromatic rings. The molecule has 0 aliphatic carbocycles. The second-order valence-electron chi connectivity index (χ2n) is 7.32. The molecule has 3 amide bonds. The Balaban J connectivity index is 1.41. The first-order chi connectivity index (χ1) is 16.0. The largest absolute Gasteiger partial charge is 0.494 e. The smallest absolute Gasteiger partial charge is 0.266 e. The second-order valence-corrected chi connectivity index (χ2v) is 7.73. The van der Waals surface area contributed by atoms with Crippen LogP contribution in [0.25, 0.3) is 0 Å². The van der Waals surface area contributed by atoms with Gasteiger partial charge in [-0.15, -0.1) is 0 Å². The maximum atomic E-state index is 12.7. The van der Waals surface area contributed by atoms with E-state index in [0.29, 0.717) is 40.4 Å². The molecule has 0 spiro atoms. The molecule has 0 radical (unpaired) electrons. The van der Waals surface area contributed by atoms with Crippen LogP contribution in [-0.4, -0.2) is 29.4 Å². The molecule has 0 fully saturated rings. The number of carbonyl (C=O) groups is 3. The number of hydrogen-bond donors (Lipinski definition) is 2. The third kappa shape index (κ3) is 4.75. The van der Waals surface area contributed by atoms with Crippen molar-refractivity contribution in [2.75, 3.05) is 16.8 Å². The van der Waals surface area contributed by atoms with Gasteiger partial charge in [0.2, 0.25) is 0 Å². The minimum Gasteiger partial charge on any atom is -0.494 e. The van der Waals surface area contributed by atoms with Gasteiger partial charge >= 0.3 is 0 Å². The molecule has 3 aromatic carbocycles. The van der Waals surface area contributed by atoms with Crippen molar-refractivity contribution in [1.82, 2.24) is 5.32 Å². The molecule has 0 saturated carbocycles. The number of nitrogens with zero attached hydrogens (tertiary/aromatic N) is 1. The predicted octanol–water partition coefficient (Wildman–Crippen LogP) is 4.40. The van der Waals surface area contributed by atoms with Crippen molar-refractivity contribution >= 4 is 46.4 Å². The van der Waals surface area contributed by atoms with Gasteiger partial charge in [0.15, 0.2) is 5.11 Å². The molecular formula is C25H21N3O4S. The summed E-state index contributed by atoms with van der Waals surface area (Å²) in [4.78, 5) is 39.0. The van der Waals surface area contributed by atoms with Crippen LogP contribution >= 0.6 is 12.2 Å². The molecule has 0 unspecified atom stereocenters. The molecule has 1 aliphatic rings. The van der Waals surface area contributed by atoms with E-state index in [9.17, 15) is 14.4 Å². The molecule has 33 heavy (non-hydrogen) atoms. The topological polar surface area (TPSA) is 87.7 Å². The molecule has 0 saturated heterocycles. The number of nitrogens with one attached hydrogen (secondary N) is 2. The summed E-state index contributed by atoms with van der Waals surface area (Å²) in [5.74, 6) is -0.435. The quantitative estimate of drug-likeness (QED) is 0.420. The molecule has 166 valence electrons. The first-order valence-electron chi connectivity index (χ1n) is 10.4. The Morgan fingerprint density at radius 3 is 2.24 bits per heavy atom. The standard InChI is InChI=1S/C25H21N3O4S/c1-2-14-32-19-12-10-16(11-13-19)22(29)27-25(33)26-17-6-5-7-18(15-17)28-23(30)20-8-3-4-9-21(20)24(28)31/h3-13,15H,2,14H2,1H3,(H2,26,27,29,33). The van der Waals surface area contributed by atoms with E-state index in [2.05, 4.69) is 10.6 Å². The normalized spacial score (nSPS) is 12.3. The molecular weight excluding hydrogens is 438 g/mol. The van der Waals surface area contributed by atoms with Gasteiger partial charge in [-0.2, -0.15) is 0 Å². The fourth-order valence-corrected chi connectivity index (χ4v) is 3.62. The third-order valence-electron chi connectivity index (χ3n) is 4.97. The summed E-state index contributed by atoms with van der Waals surface area (Å²) in [6.07, 6.45) is 0.899. The zero-order chi connectivity index (χ0) is 23.4. The molecule has 0 aromatic heterocycles. The average molecular weight is 460 g/mol. The van der Waals surface area contributed by atoms with E-state index < -0.39 is 0 Å². The van der Waals surface area contributed by atoms with E-state index in [4.69, 9.17) is 17.0 Å². The number of carbonyl (C=O) groups excluding carboxylic acids is 3. The van der Waals surface area contributed by atoms with Crippen LogP contribution in [0.2, 0.25) is 0 Å². The van der Waals surface area contributed by atoms with Crippen molar-refractivity contribution < 1.29 is 19.1 Å². The molecule has 7 nitrogen and oxygen atoms in total. The Bertz CT molecular complexity index is 1210. The number of ether oxygens (including phenoxy) is 1. The monoisotopic (exact) mass is 459 g/mol. The highest BCUT2D eigenvalue weighted by Gasteiger charge is 2.36. The molecule has 1 heterocycles. The first-order valence-corrected chi connectivity index (χ1v) is 10.8. The van der Waals surface area contributed by atoms with Gasteiger partial charge in [-0.3, -0.25) is 19.7 Å². The number of hydrogen-bond acceptors (Lipinski definition) is 5. The van der Waals surface area contributed by atoms with Gasteiger partial charge < -0.3 is 10.1 Å². The van der Waals surface area contributed by atoms with Crippen LogP contribution in [0, 0.1) is 0 Å². The van der Waals surface area contributed by atoms with E-state index >= 15 is 0 Å². The van der Waals surface area contributed by atoms with E-state index in [1.54, 1.807) is 72.8 Å². The maximum Gasteiger partial charge on any atom is 0.266 e. The Kier molecular flexibility index (Phi) is 6.46. The minimum atomic E-state index is -0.380. The number of fused-ring (bicyclic) bond motifs is 1. The summed E-state index contributed by atoms with van der Waals surface area (Å²) in [5, 5.41) is 5.63. The Morgan fingerprint density at radius 1 is 0.939 bits per heavy atom. The lowest BCUT2D eigenvalue weighted by Crippen LogP contribution is -2.34. The van der Waals surface area contributed by atoms with Crippen LogP contribution in [0.15, 0.2) is 72.8 Å². The number of imide groups is 1. The first kappa shape index (κ1) is 22.2. The molecule has 0 atom stereocenters. The van der Waals surface area contributed by atoms with Crippen LogP contribution in [-0.2, 0) is 0 Å². The SMILES string of the molecule is CCCOc1ccc(C(=O)NC(=S)Nc2cccc(N3C(=O)c4ccccc4C3=O)c2)cc1. The molecule has 0 bridgehead atoms. The van der Waals surface area contributed by atoms with Gasteiger partial charge in [-0.1, -0.05) is 25.1 Å². The predicted molar refractivity (Wildman–Crippen MR) is 130 cm³/mol. The van der Waals surface area contributed by atoms with Crippen LogP contribution in [0.5, 0.6) is 5.75 Å². The number of anilines is 2. The Hall–Kier alpha value is -4.04. The summed E-state index contributed by atoms with van der Waals surface area (Å²) in [7, 11) is 0. The fraction of sp³-hybridized carbons (Fsp3) is 0.120. The molecule has 2 N–H and O–H groups in total. The highest BCUT2D eigenvalue weighted by atomic mass is 32.1. The third-order valence-corrected chi connectivity index (χ3v) is 5.18. The Labute approximate surface area is 196 Å². The lowest BCUT2D eigenvalue weighted by molar-refractivity contribution is 0.0923. The van der Waals surface area contributed by atoms with Gasteiger partial charge in [0.05, 0.1) is 23.4 Å². The fourth-order valence-electron chi connectivity index (χ4n) is 3.41. The maximum absolute atomic E-state index is 12.7. The van der Waals surface area contributed by atoms with Gasteiger partial charge in [-0.05, 0) is 73.2 Å². The number of amides is 3. The lowest BCUT2D eigenvalue weighted by atomic mass is 10.1. The van der Waals surface area contributed by atoms with Gasteiger partial charge in [-0.25, -0.2) is 4.90 Å². The summed E-state index contributed by atoms with van der Waals surface area (Å²) in [5.41, 5.74) is 2.10. The molecule has 8 heteroatoms. The van der Waals surface area contributed by atoms with E-state index in [1.165, 1.54) is 0 Å². The summed E-state index contributed by atoms with van der Waals surface area (Å²) in [6.45, 7) is 2.63. The summed E-state index contributed by atoms with van der Waals surface area (Å²) in [6, 6.07) is 20.2. The van der Waals surface area contributed by atoms with E-state index in [0.717, 1.165) is 11.3 Å². The van der Waals surface area contributed by atoms with E-state index in [-0.39, 0.29) is 22.8 Å². The Morgan fingerprint density at radius 2 is 1.61 bits per heavy atom. The number of thiocarbonyl (C=S) groups is 1. The minimum absolute atomic E-state index is 0.0887. The average Bonchev–Trinajstić information content (AvgIpc) is 3.08. The van der Waals surface area contributed by atoms with Crippen molar-refractivity contribution in [2.24, 2.45) is 0 Å². The van der Waals surface area contributed by atoms with Gasteiger partial charge in [0.25, 0.3) is 17.7 Å². The van der Waals surface area contributed by atoms with Crippen LogP contribution < -0.4 is 20.3 Å². The summed E-state index contributed by atoms with van der Waals surface area (Å²) < 4.78 is 5.52. The molecule has 4 rings (SSSR count). The van der Waals surface area contributed by atoms with Crippen molar-refractivity contribution in [3.05, 3.63) is 89.5 Å². The summed E-state index contributed by atoms with van der Waals surface area (Å²) >= 11 is 5.26. The molecule has 1 aliphatic heterocycles. The van der Waals surface area contributed by atoms with E-state index in [1.807, 2.05) is 6.92 Å². The zero-order valence-corrected chi connectivity index (χ0v) is 18.6. The van der Waals surface area contributed by atoms with Crippen LogP contribution in [0.4, 0.5) is 11.4 Å². The highest BCUT2D eigenvalue weighted by molar-refractivity contribution is 7.80. The van der Waals surface area contributed by atoms with Crippen molar-refractivity contribution in [2.45, 2.75) is 13.3 Å². The number of rotatable bonds is 6.